The van der Waals surface area contributed by atoms with Gasteiger partial charge in [0.15, 0.2) is 6.10 Å². The summed E-state index contributed by atoms with van der Waals surface area (Å²) >= 11 is 0. The molecule has 1 amide bonds. The van der Waals surface area contributed by atoms with E-state index in [0.717, 1.165) is 43.6 Å². The van der Waals surface area contributed by atoms with Gasteiger partial charge in [0.25, 0.3) is 5.91 Å². The number of likely N-dealkylation sites (tertiary alicyclic amines) is 1. The summed E-state index contributed by atoms with van der Waals surface area (Å²) in [4.78, 5) is 19.3. The average Bonchev–Trinajstić information content (AvgIpc) is 3.21. The number of likely N-dealkylation sites (N-methyl/N-ethyl adjacent to an activating group) is 1. The fourth-order valence-corrected chi connectivity index (χ4v) is 4.42. The molecule has 3 atom stereocenters. The second-order valence-corrected chi connectivity index (χ2v) is 8.06. The van der Waals surface area contributed by atoms with Crippen molar-refractivity contribution in [2.75, 3.05) is 38.5 Å². The van der Waals surface area contributed by atoms with Crippen molar-refractivity contribution < 1.29 is 14.6 Å². The van der Waals surface area contributed by atoms with Crippen LogP contribution in [0.2, 0.25) is 0 Å². The number of nitrogens with one attached hydrogen (secondary N) is 2. The van der Waals surface area contributed by atoms with E-state index < -0.39 is 6.10 Å². The van der Waals surface area contributed by atoms with E-state index in [1.807, 2.05) is 24.3 Å². The Hall–Kier alpha value is -2.64. The first-order valence-corrected chi connectivity index (χ1v) is 10.7. The number of aliphatic hydroxyl groups is 1. The highest BCUT2D eigenvalue weighted by Crippen LogP contribution is 2.35. The molecule has 7 heteroatoms. The van der Waals surface area contributed by atoms with E-state index in [2.05, 4.69) is 26.6 Å². The van der Waals surface area contributed by atoms with Crippen LogP contribution in [0, 0.1) is 0 Å². The summed E-state index contributed by atoms with van der Waals surface area (Å²) in [6.07, 6.45) is 5.32. The van der Waals surface area contributed by atoms with Gasteiger partial charge in [-0.25, -0.2) is 0 Å². The second kappa shape index (κ2) is 9.45. The minimum atomic E-state index is -0.703. The van der Waals surface area contributed by atoms with Gasteiger partial charge in [0.2, 0.25) is 0 Å². The Morgan fingerprint density at radius 1 is 1.37 bits per heavy atom. The first kappa shape index (κ1) is 20.6. The van der Waals surface area contributed by atoms with Gasteiger partial charge in [0.05, 0.1) is 11.8 Å². The van der Waals surface area contributed by atoms with Crippen LogP contribution in [0.15, 0.2) is 42.7 Å². The predicted molar refractivity (Wildman–Crippen MR) is 116 cm³/mol. The van der Waals surface area contributed by atoms with E-state index in [1.54, 1.807) is 19.4 Å². The number of nitrogens with zero attached hydrogens (tertiary/aromatic N) is 2. The van der Waals surface area contributed by atoms with Gasteiger partial charge in [-0.2, -0.15) is 0 Å². The number of rotatable bonds is 7. The number of aryl methyl sites for hydroxylation is 1. The molecular formula is C23H30N4O3. The molecule has 1 aromatic heterocycles. The quantitative estimate of drug-likeness (QED) is 0.645. The number of hydrogen-bond donors (Lipinski definition) is 3. The van der Waals surface area contributed by atoms with Crippen LogP contribution in [0.25, 0.3) is 0 Å². The molecule has 4 rings (SSSR count). The maximum atomic E-state index is 13.0. The molecule has 3 N–H and O–H groups in total. The van der Waals surface area contributed by atoms with E-state index in [4.69, 9.17) is 4.74 Å². The van der Waals surface area contributed by atoms with Crippen molar-refractivity contribution in [3.8, 4) is 5.75 Å². The summed E-state index contributed by atoms with van der Waals surface area (Å²) in [6.45, 7) is 2.95. The van der Waals surface area contributed by atoms with Crippen LogP contribution >= 0.6 is 0 Å². The van der Waals surface area contributed by atoms with Crippen molar-refractivity contribution in [3.05, 3.63) is 53.9 Å². The molecular weight excluding hydrogens is 380 g/mol. The third-order valence-corrected chi connectivity index (χ3v) is 6.00. The first-order chi connectivity index (χ1) is 14.7. The number of aromatic nitrogens is 1. The van der Waals surface area contributed by atoms with Crippen molar-refractivity contribution in [1.82, 2.24) is 15.2 Å². The summed E-state index contributed by atoms with van der Waals surface area (Å²) in [5.74, 6) is 0.351. The lowest BCUT2D eigenvalue weighted by Crippen LogP contribution is -2.45. The molecule has 2 aromatic rings. The number of pyridine rings is 1. The molecule has 0 aliphatic carbocycles. The number of fused-ring (bicyclic) bond motifs is 1. The van der Waals surface area contributed by atoms with E-state index in [9.17, 15) is 9.90 Å². The number of ether oxygens (including phenoxy) is 1. The summed E-state index contributed by atoms with van der Waals surface area (Å²) in [5.41, 5.74) is 3.21. The normalized spacial score (nSPS) is 20.7. The standard InChI is InChI=1S/C23H30N4O3/c1-24-23(29)22(30-20-6-2-4-17-5-3-10-26-21(17)20)19(16-7-11-25-12-8-16)15-27-13-9-18(28)14-27/h2,4,6-8,11-12,18-19,22,26,28H,3,5,9-10,13-15H2,1H3,(H,24,29)/t18-,19+,22?/m0/s1. The van der Waals surface area contributed by atoms with Crippen molar-refractivity contribution in [3.63, 3.8) is 0 Å². The van der Waals surface area contributed by atoms with Crippen LogP contribution in [0.5, 0.6) is 5.75 Å². The number of hydrogen-bond acceptors (Lipinski definition) is 6. The highest BCUT2D eigenvalue weighted by Gasteiger charge is 2.35. The van der Waals surface area contributed by atoms with Crippen LogP contribution in [-0.4, -0.2) is 66.3 Å². The van der Waals surface area contributed by atoms with Crippen molar-refractivity contribution in [2.45, 2.75) is 37.4 Å². The molecule has 2 aliphatic rings. The molecule has 30 heavy (non-hydrogen) atoms. The van der Waals surface area contributed by atoms with Crippen molar-refractivity contribution >= 4 is 11.6 Å². The van der Waals surface area contributed by atoms with Gasteiger partial charge in [-0.1, -0.05) is 12.1 Å². The molecule has 1 unspecified atom stereocenters. The van der Waals surface area contributed by atoms with Crippen LogP contribution in [-0.2, 0) is 11.2 Å². The van der Waals surface area contributed by atoms with Crippen molar-refractivity contribution in [1.29, 1.82) is 0 Å². The SMILES string of the molecule is CNC(=O)C(Oc1cccc2c1NCCC2)[C@H](CN1CC[C@H](O)C1)c1ccncc1. The Morgan fingerprint density at radius 3 is 2.93 bits per heavy atom. The molecule has 0 spiro atoms. The summed E-state index contributed by atoms with van der Waals surface area (Å²) in [5, 5.41) is 16.2. The third-order valence-electron chi connectivity index (χ3n) is 6.00. The molecule has 1 saturated heterocycles. The zero-order valence-corrected chi connectivity index (χ0v) is 17.4. The molecule has 7 nitrogen and oxygen atoms in total. The van der Waals surface area contributed by atoms with E-state index in [1.165, 1.54) is 5.56 Å². The number of β-amino-alcohol motifs (C(OH)–C–C–N with tert-alkyl or cyclic N) is 1. The predicted octanol–water partition coefficient (Wildman–Crippen LogP) is 1.78. The van der Waals surface area contributed by atoms with Gasteiger partial charge in [0.1, 0.15) is 5.75 Å². The number of amides is 1. The number of aliphatic hydroxyl groups excluding tert-OH is 1. The molecule has 160 valence electrons. The number of para-hydroxylation sites is 1. The van der Waals surface area contributed by atoms with Gasteiger partial charge in [-0.15, -0.1) is 0 Å². The molecule has 3 heterocycles. The Balaban J connectivity index is 1.66. The second-order valence-electron chi connectivity index (χ2n) is 8.06. The van der Waals surface area contributed by atoms with Gasteiger partial charge in [0, 0.05) is 51.5 Å². The largest absolute Gasteiger partial charge is 0.478 e. The molecule has 0 bridgehead atoms. The first-order valence-electron chi connectivity index (χ1n) is 10.7. The smallest absolute Gasteiger partial charge is 0.261 e. The van der Waals surface area contributed by atoms with Crippen LogP contribution in [0.4, 0.5) is 5.69 Å². The Morgan fingerprint density at radius 2 is 2.20 bits per heavy atom. The molecule has 1 aromatic carbocycles. The zero-order valence-electron chi connectivity index (χ0n) is 17.4. The summed E-state index contributed by atoms with van der Waals surface area (Å²) in [7, 11) is 1.64. The fraction of sp³-hybridized carbons (Fsp3) is 0.478. The maximum Gasteiger partial charge on any atom is 0.261 e. The van der Waals surface area contributed by atoms with Gasteiger partial charge >= 0.3 is 0 Å². The molecule has 2 aliphatic heterocycles. The van der Waals surface area contributed by atoms with E-state index in [-0.39, 0.29) is 17.9 Å². The average molecular weight is 411 g/mol. The van der Waals surface area contributed by atoms with Crippen LogP contribution in [0.1, 0.15) is 29.9 Å². The Bertz CT molecular complexity index is 861. The van der Waals surface area contributed by atoms with Crippen LogP contribution < -0.4 is 15.4 Å². The Labute approximate surface area is 177 Å². The fourth-order valence-electron chi connectivity index (χ4n) is 4.42. The third kappa shape index (κ3) is 4.57. The lowest BCUT2D eigenvalue weighted by atomic mass is 9.92. The molecule has 0 radical (unpaired) electrons. The summed E-state index contributed by atoms with van der Waals surface area (Å²) in [6, 6.07) is 9.90. The van der Waals surface area contributed by atoms with E-state index in [0.29, 0.717) is 18.8 Å². The Kier molecular flexibility index (Phi) is 6.50. The van der Waals surface area contributed by atoms with Crippen LogP contribution in [0.3, 0.4) is 0 Å². The van der Waals surface area contributed by atoms with Gasteiger partial charge in [-0.3, -0.25) is 14.7 Å². The highest BCUT2D eigenvalue weighted by molar-refractivity contribution is 5.82. The minimum absolute atomic E-state index is 0.162. The van der Waals surface area contributed by atoms with Gasteiger partial charge < -0.3 is 20.5 Å². The number of carbonyl (C=O) groups excluding carboxylic acids is 1. The maximum absolute atomic E-state index is 13.0. The lowest BCUT2D eigenvalue weighted by molar-refractivity contribution is -0.128. The number of anilines is 1. The van der Waals surface area contributed by atoms with Gasteiger partial charge in [-0.05, 0) is 48.6 Å². The van der Waals surface area contributed by atoms with E-state index >= 15 is 0 Å². The topological polar surface area (TPSA) is 86.7 Å². The molecule has 0 saturated carbocycles. The highest BCUT2D eigenvalue weighted by atomic mass is 16.5. The number of carbonyl (C=O) groups is 1. The number of benzene rings is 1. The lowest BCUT2D eigenvalue weighted by Gasteiger charge is -2.31. The monoisotopic (exact) mass is 410 g/mol. The summed E-state index contributed by atoms with van der Waals surface area (Å²) < 4.78 is 6.44. The molecule has 1 fully saturated rings. The zero-order chi connectivity index (χ0) is 20.9. The van der Waals surface area contributed by atoms with Crippen molar-refractivity contribution in [2.24, 2.45) is 0 Å². The minimum Gasteiger partial charge on any atom is -0.478 e.